The zero-order valence-electron chi connectivity index (χ0n) is 16.9. The summed E-state index contributed by atoms with van der Waals surface area (Å²) in [5.41, 5.74) is 1.53. The number of hydrogen-bond donors (Lipinski definition) is 4. The summed E-state index contributed by atoms with van der Waals surface area (Å²) in [6, 6.07) is 1.97. The van der Waals surface area contributed by atoms with Gasteiger partial charge >= 0.3 is 12.5 Å². The molecule has 18 heteroatoms. The number of carbonyl (C=O) groups is 2. The van der Waals surface area contributed by atoms with Crippen LogP contribution in [0.5, 0.6) is 5.75 Å². The molecule has 1 aromatic carbocycles. The number of anilines is 1. The highest BCUT2D eigenvalue weighted by Crippen LogP contribution is 2.38. The molecule has 4 N–H and O–H groups in total. The van der Waals surface area contributed by atoms with Crippen molar-refractivity contribution in [3.8, 4) is 5.75 Å². The minimum Gasteiger partial charge on any atom is -0.404 e. The van der Waals surface area contributed by atoms with Crippen LogP contribution in [0.15, 0.2) is 23.3 Å². The van der Waals surface area contributed by atoms with Crippen LogP contribution in [0.25, 0.3) is 0 Å². The third-order valence-corrected chi connectivity index (χ3v) is 4.53. The third kappa shape index (κ3) is 5.42. The van der Waals surface area contributed by atoms with Gasteiger partial charge in [-0.3, -0.25) is 24.6 Å². The molecule has 1 aliphatic rings. The van der Waals surface area contributed by atoms with Crippen molar-refractivity contribution < 1.29 is 40.7 Å². The van der Waals surface area contributed by atoms with E-state index in [-0.39, 0.29) is 5.96 Å². The summed E-state index contributed by atoms with van der Waals surface area (Å²) in [5.74, 6) is -3.28. The number of halogens is 7. The first-order valence-electron chi connectivity index (χ1n) is 8.81. The lowest BCUT2D eigenvalue weighted by atomic mass is 10.1. The fourth-order valence-electron chi connectivity index (χ4n) is 2.62. The van der Waals surface area contributed by atoms with Crippen LogP contribution in [0.3, 0.4) is 0 Å². The molecule has 1 aromatic heterocycles. The molecule has 34 heavy (non-hydrogen) atoms. The summed E-state index contributed by atoms with van der Waals surface area (Å²) in [7, 11) is 2.49. The Morgan fingerprint density at radius 3 is 2.29 bits per heavy atom. The van der Waals surface area contributed by atoms with Crippen LogP contribution >= 0.6 is 11.6 Å². The maximum absolute atomic E-state index is 12.9. The smallest absolute Gasteiger partial charge is 0.404 e. The summed E-state index contributed by atoms with van der Waals surface area (Å²) in [6.45, 7) is 0. The van der Waals surface area contributed by atoms with Crippen LogP contribution in [-0.4, -0.2) is 46.0 Å². The second kappa shape index (κ2) is 8.90. The van der Waals surface area contributed by atoms with Gasteiger partial charge in [-0.25, -0.2) is 5.53 Å². The molecule has 1 aliphatic heterocycles. The molecule has 3 rings (SSSR count). The summed E-state index contributed by atoms with van der Waals surface area (Å²) in [6.07, 6.45) is -10.1. The predicted molar refractivity (Wildman–Crippen MR) is 103 cm³/mol. The SMILES string of the molecule is CN1NNN=C1NC(=O)c1ccc(OC(F)(F)F)c(NC(=O)c2cc(C(F)(F)F)nn2C)c1Cl. The van der Waals surface area contributed by atoms with E-state index in [1.165, 1.54) is 12.1 Å². The van der Waals surface area contributed by atoms with Crippen LogP contribution in [-0.2, 0) is 13.2 Å². The standard InChI is InChI=1S/C16H13ClF6N8O3/c1-30-7(5-9(27-30)15(18,19)20)13(33)24-11-8(34-16(21,22)23)4-3-6(10(11)17)12(32)25-14-26-28-29-31(14)2/h3-5,28-29H,1-2H3,(H,24,33)(H,25,26,32). The quantitative estimate of drug-likeness (QED) is 0.461. The Hall–Kier alpha value is -3.73. The Balaban J connectivity index is 1.98. The Morgan fingerprint density at radius 1 is 1.09 bits per heavy atom. The average Bonchev–Trinajstić information content (AvgIpc) is 3.29. The number of aromatic nitrogens is 2. The van der Waals surface area contributed by atoms with E-state index in [0.717, 1.165) is 13.1 Å². The minimum absolute atomic E-state index is 0.0307. The molecule has 0 atom stereocenters. The fraction of sp³-hybridized carbons (Fsp3) is 0.250. The van der Waals surface area contributed by atoms with E-state index in [1.807, 2.05) is 5.32 Å². The average molecular weight is 515 g/mol. The van der Waals surface area contributed by atoms with Crippen LogP contribution in [0.4, 0.5) is 32.0 Å². The van der Waals surface area contributed by atoms with Gasteiger partial charge in [0.1, 0.15) is 11.4 Å². The van der Waals surface area contributed by atoms with Gasteiger partial charge in [0.15, 0.2) is 11.4 Å². The zero-order valence-corrected chi connectivity index (χ0v) is 17.6. The highest BCUT2D eigenvalue weighted by atomic mass is 35.5. The van der Waals surface area contributed by atoms with E-state index >= 15 is 0 Å². The Kier molecular flexibility index (Phi) is 6.52. The van der Waals surface area contributed by atoms with Crippen molar-refractivity contribution in [2.75, 3.05) is 12.4 Å². The second-order valence-electron chi connectivity index (χ2n) is 6.51. The summed E-state index contributed by atoms with van der Waals surface area (Å²) in [4.78, 5) is 25.1. The molecule has 0 unspecified atom stereocenters. The van der Waals surface area contributed by atoms with E-state index in [1.54, 1.807) is 0 Å². The van der Waals surface area contributed by atoms with Crippen LogP contribution in [0, 0.1) is 0 Å². The molecule has 2 aromatic rings. The molecular weight excluding hydrogens is 502 g/mol. The first-order chi connectivity index (χ1) is 15.7. The lowest BCUT2D eigenvalue weighted by molar-refractivity contribution is -0.274. The summed E-state index contributed by atoms with van der Waals surface area (Å²) >= 11 is 6.10. The number of amides is 2. The van der Waals surface area contributed by atoms with Crippen LogP contribution in [0.2, 0.25) is 5.02 Å². The number of guanidine groups is 1. The Labute approximate surface area is 190 Å². The van der Waals surface area contributed by atoms with Gasteiger partial charge in [-0.1, -0.05) is 11.6 Å². The number of benzene rings is 1. The van der Waals surface area contributed by atoms with E-state index in [0.29, 0.717) is 16.8 Å². The minimum atomic E-state index is -5.22. The normalized spacial score (nSPS) is 13.9. The molecule has 0 radical (unpaired) electrons. The molecule has 0 spiro atoms. The van der Waals surface area contributed by atoms with Gasteiger partial charge in [0.2, 0.25) is 5.96 Å². The number of alkyl halides is 6. The zero-order chi connectivity index (χ0) is 25.4. The van der Waals surface area contributed by atoms with E-state index < -0.39 is 57.8 Å². The summed E-state index contributed by atoms with van der Waals surface area (Å²) in [5, 5.41) is 11.7. The molecule has 0 aliphatic carbocycles. The highest BCUT2D eigenvalue weighted by Gasteiger charge is 2.37. The maximum Gasteiger partial charge on any atom is 0.573 e. The number of nitrogens with zero attached hydrogens (tertiary/aromatic N) is 4. The topological polar surface area (TPSA) is 125 Å². The molecule has 11 nitrogen and oxygen atoms in total. The largest absolute Gasteiger partial charge is 0.573 e. The number of hydrazine groups is 2. The first kappa shape index (κ1) is 24.9. The van der Waals surface area contributed by atoms with E-state index in [4.69, 9.17) is 11.6 Å². The monoisotopic (exact) mass is 514 g/mol. The van der Waals surface area contributed by atoms with E-state index in [9.17, 15) is 35.9 Å². The molecule has 0 fully saturated rings. The number of ether oxygens (including phenoxy) is 1. The van der Waals surface area contributed by atoms with Gasteiger partial charge in [-0.2, -0.15) is 18.3 Å². The summed E-state index contributed by atoms with van der Waals surface area (Å²) < 4.78 is 81.6. The molecule has 0 bridgehead atoms. The molecular formula is C16H13ClF6N8O3. The Morgan fingerprint density at radius 2 is 1.76 bits per heavy atom. The van der Waals surface area contributed by atoms with Gasteiger partial charge in [-0.15, -0.1) is 23.8 Å². The third-order valence-electron chi connectivity index (χ3n) is 4.14. The number of hydrogen-bond acceptors (Lipinski definition) is 8. The van der Waals surface area contributed by atoms with Crippen LogP contribution < -0.4 is 26.4 Å². The van der Waals surface area contributed by atoms with Crippen molar-refractivity contribution in [1.29, 1.82) is 0 Å². The molecule has 0 saturated carbocycles. The van der Waals surface area contributed by atoms with Crippen molar-refractivity contribution in [2.45, 2.75) is 12.5 Å². The van der Waals surface area contributed by atoms with E-state index in [2.05, 4.69) is 31.3 Å². The van der Waals surface area contributed by atoms with Gasteiger partial charge < -0.3 is 10.1 Å². The van der Waals surface area contributed by atoms with Crippen molar-refractivity contribution >= 4 is 35.1 Å². The van der Waals surface area contributed by atoms with Crippen molar-refractivity contribution in [3.63, 3.8) is 0 Å². The maximum atomic E-state index is 12.9. The van der Waals surface area contributed by atoms with Gasteiger partial charge in [-0.05, 0) is 12.1 Å². The number of aryl methyl sites for hydroxylation is 1. The lowest BCUT2D eigenvalue weighted by Gasteiger charge is -2.18. The number of hydrazone groups is 1. The van der Waals surface area contributed by atoms with Crippen molar-refractivity contribution in [2.24, 2.45) is 12.1 Å². The Bertz CT molecular complexity index is 1160. The van der Waals surface area contributed by atoms with Gasteiger partial charge in [0.05, 0.1) is 10.6 Å². The van der Waals surface area contributed by atoms with Gasteiger partial charge in [0, 0.05) is 20.2 Å². The number of nitrogens with one attached hydrogen (secondary N) is 4. The number of rotatable bonds is 4. The van der Waals surface area contributed by atoms with Crippen molar-refractivity contribution in [1.82, 2.24) is 31.2 Å². The fourth-order valence-corrected chi connectivity index (χ4v) is 2.91. The second-order valence-corrected chi connectivity index (χ2v) is 6.89. The predicted octanol–water partition coefficient (Wildman–Crippen LogP) is 2.20. The highest BCUT2D eigenvalue weighted by molar-refractivity contribution is 6.37. The molecule has 0 saturated heterocycles. The lowest BCUT2D eigenvalue weighted by Crippen LogP contribution is -2.45. The molecule has 2 amide bonds. The first-order valence-corrected chi connectivity index (χ1v) is 9.19. The van der Waals surface area contributed by atoms with Crippen molar-refractivity contribution in [3.05, 3.63) is 40.2 Å². The molecule has 2 heterocycles. The number of carbonyl (C=O) groups excluding carboxylic acids is 2. The van der Waals surface area contributed by atoms with Gasteiger partial charge in [0.25, 0.3) is 11.8 Å². The van der Waals surface area contributed by atoms with Crippen LogP contribution in [0.1, 0.15) is 26.5 Å². The molecule has 184 valence electrons.